The molecule has 156 valence electrons. The molecule has 2 heterocycles. The van der Waals surface area contributed by atoms with E-state index in [4.69, 9.17) is 15.2 Å². The SMILES string of the molecule is C[N+]12CCOC([NH-])(C1)OCC2.O=S(=O)(NS(=O)(=O)C(F)(F)F)C(F)(F)F. The summed E-state index contributed by atoms with van der Waals surface area (Å²) in [6.07, 6.45) is 0. The zero-order valence-electron chi connectivity index (χ0n) is 13.0. The van der Waals surface area contributed by atoms with E-state index in [9.17, 15) is 43.2 Å². The standard InChI is InChI=1S/C7H14N2O2.C2HF6NO4S2/c1-9-2-4-10-7(8,6-9)11-5-3-9;3-1(4,5)14(10,11)9-15(12,13)2(6,7)8/h8H,2-6H2,1H3;9H. The van der Waals surface area contributed by atoms with E-state index in [0.717, 1.165) is 17.6 Å². The first kappa shape index (κ1) is 23.3. The molecule has 17 heteroatoms. The molecule has 2 N–H and O–H groups in total. The van der Waals surface area contributed by atoms with Crippen molar-refractivity contribution < 1.29 is 57.1 Å². The minimum Gasteiger partial charge on any atom is -0.620 e. The molecule has 0 aromatic rings. The van der Waals surface area contributed by atoms with Gasteiger partial charge in [0.1, 0.15) is 25.5 Å². The Kier molecular flexibility index (Phi) is 6.30. The molecule has 2 rings (SSSR count). The lowest BCUT2D eigenvalue weighted by molar-refractivity contribution is -0.938. The number of quaternary nitrogens is 1. The predicted molar refractivity (Wildman–Crippen MR) is 72.8 cm³/mol. The van der Waals surface area contributed by atoms with E-state index < -0.39 is 41.1 Å². The summed E-state index contributed by atoms with van der Waals surface area (Å²) >= 11 is 0. The Morgan fingerprint density at radius 3 is 1.50 bits per heavy atom. The summed E-state index contributed by atoms with van der Waals surface area (Å²) in [5, 5.41) is 0. The number of fused-ring (bicyclic) bond motifs is 2. The molecule has 0 amide bonds. The van der Waals surface area contributed by atoms with Crippen LogP contribution < -0.4 is 4.13 Å². The van der Waals surface area contributed by atoms with Crippen molar-refractivity contribution >= 4 is 20.0 Å². The van der Waals surface area contributed by atoms with Crippen molar-refractivity contribution in [2.24, 2.45) is 0 Å². The number of sulfonamides is 2. The van der Waals surface area contributed by atoms with Gasteiger partial charge in [-0.2, -0.15) is 26.3 Å². The molecule has 9 nitrogen and oxygen atoms in total. The van der Waals surface area contributed by atoms with Gasteiger partial charge in [0.2, 0.25) is 0 Å². The minimum absolute atomic E-state index is 0.493. The molecule has 26 heavy (non-hydrogen) atoms. The first-order valence-electron chi connectivity index (χ1n) is 6.60. The van der Waals surface area contributed by atoms with Gasteiger partial charge >= 0.3 is 31.1 Å². The Balaban J connectivity index is 0.000000269. The Hall–Kier alpha value is -0.720. The lowest BCUT2D eigenvalue weighted by atomic mass is 10.2. The zero-order chi connectivity index (χ0) is 20.7. The molecule has 2 saturated heterocycles. The van der Waals surface area contributed by atoms with Gasteiger partial charge in [-0.25, -0.2) is 16.8 Å². The second kappa shape index (κ2) is 7.02. The number of halogens is 6. The number of hydrogen-bond donors (Lipinski definition) is 1. The van der Waals surface area contributed by atoms with Crippen LogP contribution in [0.15, 0.2) is 0 Å². The van der Waals surface area contributed by atoms with E-state index in [1.54, 1.807) is 0 Å². The lowest BCUT2D eigenvalue weighted by Gasteiger charge is -2.53. The van der Waals surface area contributed by atoms with E-state index in [1.165, 1.54) is 0 Å². The van der Waals surface area contributed by atoms with Crippen molar-refractivity contribution in [3.63, 3.8) is 0 Å². The van der Waals surface area contributed by atoms with Crippen LogP contribution in [0.2, 0.25) is 0 Å². The highest BCUT2D eigenvalue weighted by atomic mass is 32.3. The van der Waals surface area contributed by atoms with Gasteiger partial charge < -0.3 is 19.7 Å². The molecule has 0 aromatic heterocycles. The van der Waals surface area contributed by atoms with E-state index in [-0.39, 0.29) is 0 Å². The summed E-state index contributed by atoms with van der Waals surface area (Å²) in [5.41, 5.74) is -4.58. The lowest BCUT2D eigenvalue weighted by Crippen LogP contribution is -2.65. The Labute approximate surface area is 144 Å². The van der Waals surface area contributed by atoms with E-state index in [0.29, 0.717) is 19.8 Å². The van der Waals surface area contributed by atoms with E-state index in [1.807, 2.05) is 0 Å². The molecule has 0 aromatic carbocycles. The summed E-state index contributed by atoms with van der Waals surface area (Å²) in [7, 11) is -11.0. The molecule has 0 aliphatic carbocycles. The molecule has 0 atom stereocenters. The second-order valence-electron chi connectivity index (χ2n) is 5.66. The third kappa shape index (κ3) is 5.64. The monoisotopic (exact) mass is 439 g/mol. The van der Waals surface area contributed by atoms with Crippen LogP contribution >= 0.6 is 0 Å². The van der Waals surface area contributed by atoms with Gasteiger partial charge in [-0.3, -0.25) is 0 Å². The Bertz CT molecular complexity index is 651. The topological polar surface area (TPSA) is 123 Å². The van der Waals surface area contributed by atoms with Gasteiger partial charge in [-0.05, 0) is 0 Å². The fraction of sp³-hybridized carbons (Fsp3) is 1.00. The van der Waals surface area contributed by atoms with Crippen molar-refractivity contribution in [2.75, 3.05) is 39.9 Å². The normalized spacial score (nSPS) is 30.3. The van der Waals surface area contributed by atoms with E-state index >= 15 is 0 Å². The highest BCUT2D eigenvalue weighted by Crippen LogP contribution is 2.28. The maximum absolute atomic E-state index is 11.5. The Morgan fingerprint density at radius 2 is 1.27 bits per heavy atom. The maximum atomic E-state index is 11.5. The van der Waals surface area contributed by atoms with Crippen LogP contribution in [0, 0.1) is 0 Å². The average molecular weight is 439 g/mol. The number of alkyl halides is 6. The fourth-order valence-corrected chi connectivity index (χ4v) is 3.92. The molecular weight excluding hydrogens is 424 g/mol. The number of likely N-dealkylation sites (N-methyl/N-ethyl adjacent to an activating group) is 1. The van der Waals surface area contributed by atoms with Gasteiger partial charge in [-0.15, -0.1) is 0 Å². The molecular formula is C9H15F6N3O6S2. The largest absolute Gasteiger partial charge is 0.620 e. The van der Waals surface area contributed by atoms with Crippen molar-refractivity contribution in [1.29, 1.82) is 0 Å². The summed E-state index contributed by atoms with van der Waals surface area (Å²) < 4.78 is 120. The van der Waals surface area contributed by atoms with Crippen LogP contribution in [0.25, 0.3) is 5.73 Å². The summed E-state index contributed by atoms with van der Waals surface area (Å²) in [4.78, 5) is 0. The summed E-state index contributed by atoms with van der Waals surface area (Å²) in [6, 6.07) is 0. The van der Waals surface area contributed by atoms with Crippen molar-refractivity contribution in [3.05, 3.63) is 5.73 Å². The first-order chi connectivity index (χ1) is 11.3. The molecule has 0 saturated carbocycles. The third-order valence-electron chi connectivity index (χ3n) is 3.35. The van der Waals surface area contributed by atoms with Crippen LogP contribution in [0.4, 0.5) is 26.3 Å². The van der Waals surface area contributed by atoms with Gasteiger partial charge in [-0.1, -0.05) is 4.13 Å². The average Bonchev–Trinajstić information content (AvgIpc) is 2.33. The van der Waals surface area contributed by atoms with Gasteiger partial charge in [0.15, 0.2) is 0 Å². The minimum atomic E-state index is -6.60. The van der Waals surface area contributed by atoms with Crippen LogP contribution in [-0.4, -0.2) is 78.1 Å². The predicted octanol–water partition coefficient (Wildman–Crippen LogP) is 0.475. The van der Waals surface area contributed by atoms with Crippen molar-refractivity contribution in [2.45, 2.75) is 16.9 Å². The number of nitrogens with zero attached hydrogens (tertiary/aromatic N) is 1. The molecule has 0 spiro atoms. The highest BCUT2D eigenvalue weighted by molar-refractivity contribution is 8.05. The maximum Gasteiger partial charge on any atom is 0.512 e. The van der Waals surface area contributed by atoms with E-state index in [2.05, 4.69) is 7.05 Å². The fourth-order valence-electron chi connectivity index (χ4n) is 2.01. The van der Waals surface area contributed by atoms with Crippen molar-refractivity contribution in [3.8, 4) is 0 Å². The molecule has 0 radical (unpaired) electrons. The number of nitrogens with one attached hydrogen (secondary N) is 2. The van der Waals surface area contributed by atoms with Crippen LogP contribution in [0.3, 0.4) is 0 Å². The number of ether oxygens (including phenoxy) is 2. The highest BCUT2D eigenvalue weighted by Gasteiger charge is 2.55. The van der Waals surface area contributed by atoms with Gasteiger partial charge in [0.05, 0.1) is 20.3 Å². The number of hydrogen-bond acceptors (Lipinski definition) is 6. The number of rotatable bonds is 2. The molecule has 2 aliphatic rings. The molecule has 2 fully saturated rings. The first-order valence-corrected chi connectivity index (χ1v) is 9.57. The summed E-state index contributed by atoms with van der Waals surface area (Å²) in [5.74, 6) is -1.04. The van der Waals surface area contributed by atoms with Crippen LogP contribution in [-0.2, 0) is 29.5 Å². The van der Waals surface area contributed by atoms with Gasteiger partial charge in [0.25, 0.3) is 0 Å². The Morgan fingerprint density at radius 1 is 0.923 bits per heavy atom. The second-order valence-corrected chi connectivity index (χ2v) is 9.26. The third-order valence-corrected chi connectivity index (χ3v) is 6.33. The quantitative estimate of drug-likeness (QED) is 0.493. The number of morpholine rings is 2. The summed E-state index contributed by atoms with van der Waals surface area (Å²) in [6.45, 7) is 4.01. The van der Waals surface area contributed by atoms with Crippen molar-refractivity contribution in [1.82, 2.24) is 4.13 Å². The molecule has 2 aliphatic heterocycles. The molecule has 0 unspecified atom stereocenters. The van der Waals surface area contributed by atoms with Crippen LogP contribution in [0.5, 0.6) is 0 Å². The van der Waals surface area contributed by atoms with Crippen LogP contribution in [0.1, 0.15) is 0 Å². The zero-order valence-corrected chi connectivity index (χ0v) is 14.6. The smallest absolute Gasteiger partial charge is 0.512 e. The van der Waals surface area contributed by atoms with Gasteiger partial charge in [0, 0.05) is 0 Å². The molecule has 2 bridgehead atoms.